The molecule has 2 atom stereocenters. The van der Waals surface area contributed by atoms with Crippen LogP contribution in [0.5, 0.6) is 11.5 Å². The van der Waals surface area contributed by atoms with Crippen molar-refractivity contribution in [1.82, 2.24) is 10.2 Å². The number of aliphatic hydroxyl groups is 1. The number of β-amino-alcohol motifs (C(OH)–C–C–N with tert-alkyl or cyclic N) is 1. The van der Waals surface area contributed by atoms with Crippen LogP contribution in [0.2, 0.25) is 0 Å². The first kappa shape index (κ1) is 19.4. The summed E-state index contributed by atoms with van der Waals surface area (Å²) in [5.74, 6) is -0.960. The van der Waals surface area contributed by atoms with Crippen LogP contribution in [0.4, 0.5) is 0 Å². The zero-order valence-corrected chi connectivity index (χ0v) is 14.9. The van der Waals surface area contributed by atoms with Crippen LogP contribution in [0, 0.1) is 0 Å². The number of rotatable bonds is 6. The molecule has 2 aromatic rings. The molecule has 8 heteroatoms. The van der Waals surface area contributed by atoms with E-state index < -0.39 is 29.9 Å². The summed E-state index contributed by atoms with van der Waals surface area (Å²) in [5, 5.41) is 21.2. The third kappa shape index (κ3) is 4.66. The van der Waals surface area contributed by atoms with Gasteiger partial charge in [-0.3, -0.25) is 9.59 Å². The summed E-state index contributed by atoms with van der Waals surface area (Å²) < 4.78 is 5.65. The fourth-order valence-electron chi connectivity index (χ4n) is 2.98. The highest BCUT2D eigenvalue weighted by atomic mass is 16.5. The highest BCUT2D eigenvalue weighted by molar-refractivity contribution is 5.97. The average Bonchev–Trinajstić information content (AvgIpc) is 3.09. The van der Waals surface area contributed by atoms with Crippen LogP contribution in [-0.4, -0.2) is 58.1 Å². The Morgan fingerprint density at radius 1 is 1.04 bits per heavy atom. The van der Waals surface area contributed by atoms with Gasteiger partial charge < -0.3 is 25.2 Å². The van der Waals surface area contributed by atoms with Crippen molar-refractivity contribution in [1.29, 1.82) is 0 Å². The van der Waals surface area contributed by atoms with E-state index in [-0.39, 0.29) is 19.5 Å². The van der Waals surface area contributed by atoms with Crippen molar-refractivity contribution in [2.24, 2.45) is 0 Å². The zero-order chi connectivity index (χ0) is 20.1. The highest BCUT2D eigenvalue weighted by Gasteiger charge is 2.38. The largest absolute Gasteiger partial charge is 0.480 e. The lowest BCUT2D eigenvalue weighted by atomic mass is 10.2. The van der Waals surface area contributed by atoms with Crippen LogP contribution in [-0.2, 0) is 9.59 Å². The molecule has 0 spiro atoms. The number of amides is 2. The smallest absolute Gasteiger partial charge is 0.326 e. The van der Waals surface area contributed by atoms with Crippen LogP contribution < -0.4 is 10.1 Å². The van der Waals surface area contributed by atoms with Crippen LogP contribution >= 0.6 is 0 Å². The van der Waals surface area contributed by atoms with Gasteiger partial charge in [0.25, 0.3) is 5.91 Å². The Morgan fingerprint density at radius 2 is 1.68 bits per heavy atom. The van der Waals surface area contributed by atoms with E-state index >= 15 is 0 Å². The molecule has 0 aliphatic carbocycles. The zero-order valence-electron chi connectivity index (χ0n) is 14.9. The van der Waals surface area contributed by atoms with E-state index in [2.05, 4.69) is 5.32 Å². The second-order valence-electron chi connectivity index (χ2n) is 6.41. The van der Waals surface area contributed by atoms with Gasteiger partial charge >= 0.3 is 5.97 Å². The Morgan fingerprint density at radius 3 is 2.32 bits per heavy atom. The number of aliphatic hydroxyl groups excluding tert-OH is 1. The maximum atomic E-state index is 12.2. The van der Waals surface area contributed by atoms with Gasteiger partial charge in [-0.15, -0.1) is 0 Å². The number of aliphatic carboxylic acids is 1. The number of hydrogen-bond acceptors (Lipinski definition) is 5. The third-order valence-electron chi connectivity index (χ3n) is 4.38. The van der Waals surface area contributed by atoms with Crippen molar-refractivity contribution < 1.29 is 29.3 Å². The lowest BCUT2D eigenvalue weighted by molar-refractivity contribution is -0.147. The molecule has 3 N–H and O–H groups in total. The number of nitrogens with zero attached hydrogens (tertiary/aromatic N) is 1. The number of para-hydroxylation sites is 1. The SMILES string of the molecule is O=C(NCC(=O)N1C[C@@H](O)C[C@H]1C(=O)O)c1ccc(Oc2ccccc2)cc1. The standard InChI is InChI=1S/C20H20N2O6/c23-14-10-17(20(26)27)22(12-14)18(24)11-21-19(25)13-6-8-16(9-7-13)28-15-4-2-1-3-5-15/h1-9,14,17,23H,10-12H2,(H,21,25)(H,26,27)/t14-,17-/m0/s1. The van der Waals surface area contributed by atoms with E-state index in [0.717, 1.165) is 4.90 Å². The molecule has 28 heavy (non-hydrogen) atoms. The quantitative estimate of drug-likeness (QED) is 0.690. The summed E-state index contributed by atoms with van der Waals surface area (Å²) in [6.07, 6.45) is -0.893. The summed E-state index contributed by atoms with van der Waals surface area (Å²) in [6.45, 7) is -0.408. The monoisotopic (exact) mass is 384 g/mol. The van der Waals surface area contributed by atoms with Gasteiger partial charge in [-0.25, -0.2) is 4.79 Å². The summed E-state index contributed by atoms with van der Waals surface area (Å²) >= 11 is 0. The fourth-order valence-corrected chi connectivity index (χ4v) is 2.98. The molecule has 1 aliphatic rings. The molecule has 146 valence electrons. The summed E-state index contributed by atoms with van der Waals surface area (Å²) in [5.41, 5.74) is 0.337. The van der Waals surface area contributed by atoms with Gasteiger partial charge in [-0.2, -0.15) is 0 Å². The van der Waals surface area contributed by atoms with Gasteiger partial charge in [-0.1, -0.05) is 18.2 Å². The van der Waals surface area contributed by atoms with Crippen molar-refractivity contribution in [2.45, 2.75) is 18.6 Å². The molecule has 2 amide bonds. The number of benzene rings is 2. The lowest BCUT2D eigenvalue weighted by Gasteiger charge is -2.21. The Hall–Kier alpha value is -3.39. The molecule has 0 unspecified atom stereocenters. The van der Waals surface area contributed by atoms with Gasteiger partial charge in [0, 0.05) is 18.5 Å². The van der Waals surface area contributed by atoms with E-state index in [1.165, 1.54) is 0 Å². The minimum atomic E-state index is -1.18. The van der Waals surface area contributed by atoms with Crippen molar-refractivity contribution in [3.63, 3.8) is 0 Å². The predicted octanol–water partition coefficient (Wildman–Crippen LogP) is 1.26. The number of likely N-dealkylation sites (tertiary alicyclic amines) is 1. The fraction of sp³-hybridized carbons (Fsp3) is 0.250. The molecule has 1 saturated heterocycles. The summed E-state index contributed by atoms with van der Waals surface area (Å²) in [4.78, 5) is 36.7. The summed E-state index contributed by atoms with van der Waals surface area (Å²) in [6, 6.07) is 14.5. The number of carboxylic acids is 1. The molecule has 1 heterocycles. The van der Waals surface area contributed by atoms with E-state index in [1.54, 1.807) is 24.3 Å². The summed E-state index contributed by atoms with van der Waals surface area (Å²) in [7, 11) is 0. The molecule has 8 nitrogen and oxygen atoms in total. The number of hydrogen-bond donors (Lipinski definition) is 3. The molecule has 0 radical (unpaired) electrons. The maximum absolute atomic E-state index is 12.2. The van der Waals surface area contributed by atoms with Crippen LogP contribution in [0.1, 0.15) is 16.8 Å². The second kappa shape index (κ2) is 8.53. The van der Waals surface area contributed by atoms with Gasteiger partial charge in [0.1, 0.15) is 17.5 Å². The van der Waals surface area contributed by atoms with Crippen LogP contribution in [0.25, 0.3) is 0 Å². The van der Waals surface area contributed by atoms with E-state index in [0.29, 0.717) is 17.1 Å². The van der Waals surface area contributed by atoms with E-state index in [4.69, 9.17) is 9.84 Å². The molecule has 2 aromatic carbocycles. The van der Waals surface area contributed by atoms with Crippen molar-refractivity contribution >= 4 is 17.8 Å². The number of carbonyl (C=O) groups is 3. The molecule has 1 aliphatic heterocycles. The predicted molar refractivity (Wildman–Crippen MR) is 99.1 cm³/mol. The molecule has 0 bridgehead atoms. The van der Waals surface area contributed by atoms with Gasteiger partial charge in [-0.05, 0) is 36.4 Å². The number of nitrogens with one attached hydrogen (secondary N) is 1. The number of ether oxygens (including phenoxy) is 1. The van der Waals surface area contributed by atoms with Crippen LogP contribution in [0.15, 0.2) is 54.6 Å². The van der Waals surface area contributed by atoms with Gasteiger partial charge in [0.05, 0.1) is 12.6 Å². The topological polar surface area (TPSA) is 116 Å². The first-order chi connectivity index (χ1) is 13.4. The molecule has 3 rings (SSSR count). The Balaban J connectivity index is 1.54. The van der Waals surface area contributed by atoms with E-state index in [1.807, 2.05) is 30.3 Å². The Bertz CT molecular complexity index is 853. The molecule has 0 saturated carbocycles. The number of carbonyl (C=O) groups excluding carboxylic acids is 2. The van der Waals surface area contributed by atoms with Crippen molar-refractivity contribution in [3.05, 3.63) is 60.2 Å². The first-order valence-corrected chi connectivity index (χ1v) is 8.75. The Labute approximate surface area is 161 Å². The maximum Gasteiger partial charge on any atom is 0.326 e. The molecular weight excluding hydrogens is 364 g/mol. The minimum absolute atomic E-state index is 0.0160. The van der Waals surface area contributed by atoms with Gasteiger partial charge in [0.2, 0.25) is 5.91 Å². The number of carboxylic acid groups (broad SMARTS) is 1. The lowest BCUT2D eigenvalue weighted by Crippen LogP contribution is -2.45. The molecule has 1 fully saturated rings. The van der Waals surface area contributed by atoms with Crippen LogP contribution in [0.3, 0.4) is 0 Å². The Kier molecular flexibility index (Phi) is 5.90. The average molecular weight is 384 g/mol. The highest BCUT2D eigenvalue weighted by Crippen LogP contribution is 2.21. The molecule has 0 aromatic heterocycles. The minimum Gasteiger partial charge on any atom is -0.480 e. The first-order valence-electron chi connectivity index (χ1n) is 8.75. The molecular formula is C20H20N2O6. The third-order valence-corrected chi connectivity index (χ3v) is 4.38. The van der Waals surface area contributed by atoms with Crippen molar-refractivity contribution in [3.8, 4) is 11.5 Å². The van der Waals surface area contributed by atoms with Gasteiger partial charge in [0.15, 0.2) is 0 Å². The van der Waals surface area contributed by atoms with Crippen molar-refractivity contribution in [2.75, 3.05) is 13.1 Å². The van der Waals surface area contributed by atoms with E-state index in [9.17, 15) is 19.5 Å². The normalized spacial score (nSPS) is 18.5. The second-order valence-corrected chi connectivity index (χ2v) is 6.41.